The molecule has 3 N–H and O–H groups in total. The number of aromatic nitrogens is 5. The predicted molar refractivity (Wildman–Crippen MR) is 95.4 cm³/mol. The molecular formula is C17H18F3N7O2. The Balaban J connectivity index is 1.56. The molecule has 0 aliphatic rings. The molecule has 29 heavy (non-hydrogen) atoms. The standard InChI is InChI=1S/C17H18F3N7O2/c1-27-15(23-9-24-27)16(29)22-8-13-25-11-3-2-10(6-12(11)26-13)7-21-14(28)4-5-17(18,19)20/h2-3,6,9H,4-5,7-8H2,1H3,(H,21,28)(H,22,29)(H,25,26). The average molecular weight is 409 g/mol. The first-order chi connectivity index (χ1) is 13.7. The first-order valence-electron chi connectivity index (χ1n) is 8.64. The van der Waals surface area contributed by atoms with Crippen molar-refractivity contribution in [1.82, 2.24) is 35.4 Å². The number of nitrogens with zero attached hydrogens (tertiary/aromatic N) is 4. The minimum Gasteiger partial charge on any atom is -0.352 e. The lowest BCUT2D eigenvalue weighted by Crippen LogP contribution is -2.26. The number of carbonyl (C=O) groups is 2. The van der Waals surface area contributed by atoms with Crippen molar-refractivity contribution in [3.8, 4) is 0 Å². The van der Waals surface area contributed by atoms with Crippen molar-refractivity contribution in [1.29, 1.82) is 0 Å². The highest BCUT2D eigenvalue weighted by molar-refractivity contribution is 5.90. The van der Waals surface area contributed by atoms with Crippen molar-refractivity contribution in [3.05, 3.63) is 41.7 Å². The van der Waals surface area contributed by atoms with Crippen LogP contribution < -0.4 is 10.6 Å². The third-order valence-electron chi connectivity index (χ3n) is 4.05. The number of imidazole rings is 1. The Morgan fingerprint density at radius 3 is 2.69 bits per heavy atom. The summed E-state index contributed by atoms with van der Waals surface area (Å²) < 4.78 is 37.8. The quantitative estimate of drug-likeness (QED) is 0.548. The molecule has 0 radical (unpaired) electrons. The number of hydrogen-bond acceptors (Lipinski definition) is 5. The van der Waals surface area contributed by atoms with Gasteiger partial charge in [-0.05, 0) is 17.7 Å². The number of H-pyrrole nitrogens is 1. The van der Waals surface area contributed by atoms with Gasteiger partial charge in [-0.2, -0.15) is 18.3 Å². The van der Waals surface area contributed by atoms with Crippen LogP contribution in [-0.2, 0) is 24.9 Å². The highest BCUT2D eigenvalue weighted by Gasteiger charge is 2.27. The molecular weight excluding hydrogens is 391 g/mol. The smallest absolute Gasteiger partial charge is 0.352 e. The number of halogens is 3. The molecule has 0 saturated carbocycles. The Morgan fingerprint density at radius 2 is 2.00 bits per heavy atom. The molecule has 0 aliphatic heterocycles. The van der Waals surface area contributed by atoms with Gasteiger partial charge in [-0.15, -0.1) is 0 Å². The number of amides is 2. The van der Waals surface area contributed by atoms with E-state index in [1.807, 2.05) is 0 Å². The molecule has 0 unspecified atom stereocenters. The van der Waals surface area contributed by atoms with Gasteiger partial charge in [0.2, 0.25) is 11.7 Å². The number of aryl methyl sites for hydroxylation is 1. The van der Waals surface area contributed by atoms with Gasteiger partial charge >= 0.3 is 6.18 Å². The SMILES string of the molecule is Cn1ncnc1C(=O)NCc1nc2ccc(CNC(=O)CCC(F)(F)F)cc2[nH]1. The Kier molecular flexibility index (Phi) is 5.80. The van der Waals surface area contributed by atoms with Crippen LogP contribution in [0.15, 0.2) is 24.5 Å². The van der Waals surface area contributed by atoms with Gasteiger partial charge in [-0.1, -0.05) is 6.07 Å². The van der Waals surface area contributed by atoms with Crippen molar-refractivity contribution >= 4 is 22.8 Å². The number of alkyl halides is 3. The largest absolute Gasteiger partial charge is 0.389 e. The number of aromatic amines is 1. The molecule has 0 spiro atoms. The summed E-state index contributed by atoms with van der Waals surface area (Å²) in [5, 5.41) is 8.96. The first kappa shape index (κ1) is 20.3. The van der Waals surface area contributed by atoms with E-state index in [1.165, 1.54) is 11.0 Å². The van der Waals surface area contributed by atoms with Crippen LogP contribution in [0.2, 0.25) is 0 Å². The van der Waals surface area contributed by atoms with Crippen LogP contribution in [0.1, 0.15) is 34.8 Å². The topological polar surface area (TPSA) is 118 Å². The van der Waals surface area contributed by atoms with E-state index in [4.69, 9.17) is 0 Å². The molecule has 0 aliphatic carbocycles. The van der Waals surface area contributed by atoms with Gasteiger partial charge < -0.3 is 15.6 Å². The predicted octanol–water partition coefficient (Wildman–Crippen LogP) is 1.58. The number of hydrogen-bond donors (Lipinski definition) is 3. The molecule has 9 nitrogen and oxygen atoms in total. The lowest BCUT2D eigenvalue weighted by atomic mass is 10.2. The Bertz CT molecular complexity index is 1030. The molecule has 12 heteroatoms. The van der Waals surface area contributed by atoms with Crippen LogP contribution >= 0.6 is 0 Å². The van der Waals surface area contributed by atoms with Gasteiger partial charge in [-0.25, -0.2) is 14.6 Å². The zero-order chi connectivity index (χ0) is 21.0. The molecule has 0 fully saturated rings. The number of rotatable bonds is 7. The van der Waals surface area contributed by atoms with Crippen molar-refractivity contribution in [2.75, 3.05) is 0 Å². The average Bonchev–Trinajstić information content (AvgIpc) is 3.27. The number of fused-ring (bicyclic) bond motifs is 1. The molecule has 3 rings (SSSR count). The first-order valence-corrected chi connectivity index (χ1v) is 8.64. The third kappa shape index (κ3) is 5.53. The summed E-state index contributed by atoms with van der Waals surface area (Å²) in [7, 11) is 1.60. The lowest BCUT2D eigenvalue weighted by molar-refractivity contribution is -0.144. The molecule has 2 heterocycles. The Morgan fingerprint density at radius 1 is 1.21 bits per heavy atom. The second-order valence-corrected chi connectivity index (χ2v) is 6.32. The molecule has 154 valence electrons. The van der Waals surface area contributed by atoms with Gasteiger partial charge in [0.1, 0.15) is 12.2 Å². The van der Waals surface area contributed by atoms with E-state index in [0.717, 1.165) is 0 Å². The minimum atomic E-state index is -4.36. The van der Waals surface area contributed by atoms with E-state index in [1.54, 1.807) is 25.2 Å². The van der Waals surface area contributed by atoms with Crippen LogP contribution in [-0.4, -0.2) is 42.7 Å². The summed E-state index contributed by atoms with van der Waals surface area (Å²) in [6.45, 7) is 0.244. The molecule has 2 aromatic heterocycles. The van der Waals surface area contributed by atoms with Crippen molar-refractivity contribution in [3.63, 3.8) is 0 Å². The number of carbonyl (C=O) groups excluding carboxylic acids is 2. The van der Waals surface area contributed by atoms with Crippen LogP contribution in [0.5, 0.6) is 0 Å². The maximum absolute atomic E-state index is 12.1. The minimum absolute atomic E-state index is 0.101. The molecule has 2 amide bonds. The summed E-state index contributed by atoms with van der Waals surface area (Å²) in [4.78, 5) is 34.8. The lowest BCUT2D eigenvalue weighted by Gasteiger charge is -2.07. The fourth-order valence-electron chi connectivity index (χ4n) is 2.59. The monoisotopic (exact) mass is 409 g/mol. The number of benzene rings is 1. The van der Waals surface area contributed by atoms with Gasteiger partial charge in [0.25, 0.3) is 5.91 Å². The fraction of sp³-hybridized carbons (Fsp3) is 0.353. The summed E-state index contributed by atoms with van der Waals surface area (Å²) >= 11 is 0. The highest BCUT2D eigenvalue weighted by atomic mass is 19.4. The van der Waals surface area contributed by atoms with Gasteiger partial charge in [0.05, 0.1) is 24.0 Å². The fourth-order valence-corrected chi connectivity index (χ4v) is 2.59. The van der Waals surface area contributed by atoms with Crippen LogP contribution in [0, 0.1) is 0 Å². The molecule has 0 bridgehead atoms. The second-order valence-electron chi connectivity index (χ2n) is 6.32. The van der Waals surface area contributed by atoms with Crippen molar-refractivity contribution in [2.45, 2.75) is 32.1 Å². The maximum atomic E-state index is 12.1. The molecule has 1 aromatic carbocycles. The Labute approximate surface area is 162 Å². The van der Waals surface area contributed by atoms with E-state index in [-0.39, 0.29) is 18.9 Å². The van der Waals surface area contributed by atoms with E-state index in [0.29, 0.717) is 22.4 Å². The van der Waals surface area contributed by atoms with Gasteiger partial charge in [0, 0.05) is 20.0 Å². The number of nitrogens with one attached hydrogen (secondary N) is 3. The molecule has 0 atom stereocenters. The van der Waals surface area contributed by atoms with Crippen LogP contribution in [0.3, 0.4) is 0 Å². The maximum Gasteiger partial charge on any atom is 0.389 e. The van der Waals surface area contributed by atoms with E-state index < -0.39 is 30.8 Å². The highest BCUT2D eigenvalue weighted by Crippen LogP contribution is 2.21. The van der Waals surface area contributed by atoms with E-state index in [2.05, 4.69) is 30.7 Å². The molecule has 0 saturated heterocycles. The summed E-state index contributed by atoms with van der Waals surface area (Å²) in [6.07, 6.45) is -4.84. The van der Waals surface area contributed by atoms with Crippen molar-refractivity contribution in [2.24, 2.45) is 7.05 Å². The summed E-state index contributed by atoms with van der Waals surface area (Å²) in [5.41, 5.74) is 2.03. The molecule has 3 aromatic rings. The van der Waals surface area contributed by atoms with Gasteiger partial charge in [0.15, 0.2) is 0 Å². The second kappa shape index (κ2) is 8.29. The van der Waals surface area contributed by atoms with E-state index in [9.17, 15) is 22.8 Å². The van der Waals surface area contributed by atoms with Crippen LogP contribution in [0.4, 0.5) is 13.2 Å². The zero-order valence-electron chi connectivity index (χ0n) is 15.4. The third-order valence-corrected chi connectivity index (χ3v) is 4.05. The van der Waals surface area contributed by atoms with Gasteiger partial charge in [-0.3, -0.25) is 9.59 Å². The summed E-state index contributed by atoms with van der Waals surface area (Å²) in [6, 6.07) is 5.17. The summed E-state index contributed by atoms with van der Waals surface area (Å²) in [5.74, 6) is -0.376. The van der Waals surface area contributed by atoms with E-state index >= 15 is 0 Å². The normalized spacial score (nSPS) is 11.6. The van der Waals surface area contributed by atoms with Crippen molar-refractivity contribution < 1.29 is 22.8 Å². The zero-order valence-corrected chi connectivity index (χ0v) is 15.4. The Hall–Kier alpha value is -3.44. The van der Waals surface area contributed by atoms with Crippen LogP contribution in [0.25, 0.3) is 11.0 Å².